The number of rotatable bonds is 10. The maximum Gasteiger partial charge on any atom is 0.169 e. The molecule has 2 saturated heterocycles. The standard InChI is InChI=1S/C24H39N3O5/c1-18-23(32-24(31-18)8-2-3-9-24)19-4-6-22(7-5-19)30-17-21(28)15-26-14-20(25)16-27-10-12-29-13-11-27/h4-7,18,20-21,23,26,28H,2-3,8-17,25H2,1H3. The Hall–Kier alpha value is -1.26. The van der Waals surface area contributed by atoms with E-state index in [1.165, 1.54) is 12.8 Å². The van der Waals surface area contributed by atoms with E-state index in [0.29, 0.717) is 13.1 Å². The molecule has 8 nitrogen and oxygen atoms in total. The summed E-state index contributed by atoms with van der Waals surface area (Å²) in [7, 11) is 0. The lowest BCUT2D eigenvalue weighted by atomic mass is 10.1. The molecule has 180 valence electrons. The summed E-state index contributed by atoms with van der Waals surface area (Å²) in [5, 5.41) is 13.5. The summed E-state index contributed by atoms with van der Waals surface area (Å²) in [6.07, 6.45) is 3.71. The second-order valence-corrected chi connectivity index (χ2v) is 9.34. The lowest BCUT2D eigenvalue weighted by Gasteiger charge is -2.29. The Labute approximate surface area is 191 Å². The number of morpholine rings is 1. The van der Waals surface area contributed by atoms with E-state index in [1.807, 2.05) is 24.3 Å². The van der Waals surface area contributed by atoms with Crippen LogP contribution in [0.15, 0.2) is 24.3 Å². The van der Waals surface area contributed by atoms with Gasteiger partial charge in [-0.2, -0.15) is 0 Å². The Kier molecular flexibility index (Phi) is 8.39. The third kappa shape index (κ3) is 6.41. The molecule has 4 N–H and O–H groups in total. The Morgan fingerprint density at radius 1 is 1.16 bits per heavy atom. The number of aliphatic hydroxyl groups excluding tert-OH is 1. The molecular weight excluding hydrogens is 410 g/mol. The molecule has 0 radical (unpaired) electrons. The summed E-state index contributed by atoms with van der Waals surface area (Å²) >= 11 is 0. The molecule has 1 spiro atoms. The average Bonchev–Trinajstić information content (AvgIpc) is 3.39. The van der Waals surface area contributed by atoms with Crippen molar-refractivity contribution in [2.75, 3.05) is 52.5 Å². The molecule has 0 amide bonds. The Bertz CT molecular complexity index is 691. The van der Waals surface area contributed by atoms with E-state index in [4.69, 9.17) is 24.7 Å². The van der Waals surface area contributed by atoms with Gasteiger partial charge in [0.1, 0.15) is 24.6 Å². The van der Waals surface area contributed by atoms with E-state index in [0.717, 1.165) is 57.0 Å². The van der Waals surface area contributed by atoms with Gasteiger partial charge in [0.05, 0.1) is 19.3 Å². The molecule has 2 heterocycles. The SMILES string of the molecule is CC1OC2(CCCC2)OC1c1ccc(OCC(O)CNCC(N)CN2CCOCC2)cc1. The van der Waals surface area contributed by atoms with Crippen LogP contribution in [-0.4, -0.2) is 86.6 Å². The van der Waals surface area contributed by atoms with Crippen LogP contribution in [0.1, 0.15) is 44.3 Å². The molecule has 1 saturated carbocycles. The number of aliphatic hydroxyl groups is 1. The predicted octanol–water partition coefficient (Wildman–Crippen LogP) is 1.42. The number of hydrogen-bond donors (Lipinski definition) is 3. The van der Waals surface area contributed by atoms with Crippen LogP contribution < -0.4 is 15.8 Å². The van der Waals surface area contributed by atoms with E-state index in [1.54, 1.807) is 0 Å². The van der Waals surface area contributed by atoms with Crippen molar-refractivity contribution in [3.05, 3.63) is 29.8 Å². The van der Waals surface area contributed by atoms with Gasteiger partial charge in [0.25, 0.3) is 0 Å². The molecule has 3 aliphatic rings. The highest BCUT2D eigenvalue weighted by molar-refractivity contribution is 5.29. The summed E-state index contributed by atoms with van der Waals surface area (Å²) in [5.74, 6) is 0.361. The lowest BCUT2D eigenvalue weighted by molar-refractivity contribution is -0.168. The van der Waals surface area contributed by atoms with E-state index in [-0.39, 0.29) is 30.6 Å². The minimum absolute atomic E-state index is 0.0290. The van der Waals surface area contributed by atoms with Crippen LogP contribution in [0.25, 0.3) is 0 Å². The number of nitrogens with one attached hydrogen (secondary N) is 1. The van der Waals surface area contributed by atoms with Crippen molar-refractivity contribution in [1.29, 1.82) is 0 Å². The second-order valence-electron chi connectivity index (χ2n) is 9.34. The predicted molar refractivity (Wildman–Crippen MR) is 122 cm³/mol. The smallest absolute Gasteiger partial charge is 0.169 e. The third-order valence-corrected chi connectivity index (χ3v) is 6.57. The van der Waals surface area contributed by atoms with E-state index in [2.05, 4.69) is 17.1 Å². The number of nitrogens with two attached hydrogens (primary N) is 1. The molecular formula is C24H39N3O5. The van der Waals surface area contributed by atoms with Gasteiger partial charge in [-0.3, -0.25) is 4.90 Å². The molecule has 4 rings (SSSR count). The van der Waals surface area contributed by atoms with Crippen molar-refractivity contribution in [1.82, 2.24) is 10.2 Å². The summed E-state index contributed by atoms with van der Waals surface area (Å²) < 4.78 is 23.6. The van der Waals surface area contributed by atoms with Crippen LogP contribution in [0.5, 0.6) is 5.75 Å². The molecule has 4 atom stereocenters. The largest absolute Gasteiger partial charge is 0.491 e. The normalized spacial score (nSPS) is 27.6. The molecule has 1 aliphatic carbocycles. The van der Waals surface area contributed by atoms with Crippen molar-refractivity contribution < 1.29 is 24.1 Å². The highest BCUT2D eigenvalue weighted by Gasteiger charge is 2.47. The zero-order valence-corrected chi connectivity index (χ0v) is 19.2. The van der Waals surface area contributed by atoms with Crippen LogP contribution in [0.4, 0.5) is 0 Å². The highest BCUT2D eigenvalue weighted by Crippen LogP contribution is 2.47. The highest BCUT2D eigenvalue weighted by atomic mass is 16.8. The van der Waals surface area contributed by atoms with E-state index >= 15 is 0 Å². The van der Waals surface area contributed by atoms with Crippen molar-refractivity contribution >= 4 is 0 Å². The van der Waals surface area contributed by atoms with Gasteiger partial charge in [-0.05, 0) is 37.5 Å². The monoisotopic (exact) mass is 449 g/mol. The van der Waals surface area contributed by atoms with Crippen LogP contribution in [-0.2, 0) is 14.2 Å². The third-order valence-electron chi connectivity index (χ3n) is 6.57. The fourth-order valence-electron chi connectivity index (χ4n) is 4.86. The molecule has 0 aromatic heterocycles. The topological polar surface area (TPSA) is 98.4 Å². The van der Waals surface area contributed by atoms with Gasteiger partial charge in [-0.1, -0.05) is 12.1 Å². The number of ether oxygens (including phenoxy) is 4. The van der Waals surface area contributed by atoms with Crippen molar-refractivity contribution in [3.63, 3.8) is 0 Å². The summed E-state index contributed by atoms with van der Waals surface area (Å²) in [6, 6.07) is 7.96. The Morgan fingerprint density at radius 3 is 2.59 bits per heavy atom. The van der Waals surface area contributed by atoms with Crippen LogP contribution in [0.3, 0.4) is 0 Å². The zero-order valence-electron chi connectivity index (χ0n) is 19.2. The van der Waals surface area contributed by atoms with Gasteiger partial charge in [-0.25, -0.2) is 0 Å². The first-order chi connectivity index (χ1) is 15.5. The molecule has 3 fully saturated rings. The van der Waals surface area contributed by atoms with E-state index < -0.39 is 6.10 Å². The summed E-state index contributed by atoms with van der Waals surface area (Å²) in [4.78, 5) is 2.32. The minimum Gasteiger partial charge on any atom is -0.491 e. The molecule has 1 aromatic carbocycles. The second kappa shape index (κ2) is 11.2. The summed E-state index contributed by atoms with van der Waals surface area (Å²) in [5.41, 5.74) is 7.29. The van der Waals surface area contributed by atoms with Crippen molar-refractivity contribution in [2.45, 2.75) is 62.7 Å². The van der Waals surface area contributed by atoms with Gasteiger partial charge < -0.3 is 35.1 Å². The first-order valence-electron chi connectivity index (χ1n) is 12.1. The quantitative estimate of drug-likeness (QED) is 0.493. The molecule has 1 aromatic rings. The Morgan fingerprint density at radius 2 is 1.88 bits per heavy atom. The lowest BCUT2D eigenvalue weighted by Crippen LogP contribution is -2.48. The fraction of sp³-hybridized carbons (Fsp3) is 0.750. The van der Waals surface area contributed by atoms with Gasteiger partial charge in [0, 0.05) is 51.6 Å². The van der Waals surface area contributed by atoms with Gasteiger partial charge in [0.15, 0.2) is 5.79 Å². The average molecular weight is 450 g/mol. The van der Waals surface area contributed by atoms with Gasteiger partial charge in [0.2, 0.25) is 0 Å². The molecule has 0 bridgehead atoms. The molecule has 2 aliphatic heterocycles. The van der Waals surface area contributed by atoms with Crippen LogP contribution in [0.2, 0.25) is 0 Å². The van der Waals surface area contributed by atoms with Gasteiger partial charge in [-0.15, -0.1) is 0 Å². The molecule has 8 heteroatoms. The van der Waals surface area contributed by atoms with Crippen LogP contribution >= 0.6 is 0 Å². The van der Waals surface area contributed by atoms with Crippen LogP contribution in [0, 0.1) is 0 Å². The number of nitrogens with zero attached hydrogens (tertiary/aromatic N) is 1. The number of hydrogen-bond acceptors (Lipinski definition) is 8. The maximum atomic E-state index is 10.2. The Balaban J connectivity index is 1.14. The first kappa shape index (κ1) is 23.9. The summed E-state index contributed by atoms with van der Waals surface area (Å²) in [6.45, 7) is 7.67. The molecule has 4 unspecified atom stereocenters. The van der Waals surface area contributed by atoms with Gasteiger partial charge >= 0.3 is 0 Å². The van der Waals surface area contributed by atoms with Crippen molar-refractivity contribution in [3.8, 4) is 5.75 Å². The first-order valence-corrected chi connectivity index (χ1v) is 12.1. The zero-order chi connectivity index (χ0) is 22.4. The number of benzene rings is 1. The van der Waals surface area contributed by atoms with E-state index in [9.17, 15) is 5.11 Å². The maximum absolute atomic E-state index is 10.2. The minimum atomic E-state index is -0.598. The fourth-order valence-corrected chi connectivity index (χ4v) is 4.86. The van der Waals surface area contributed by atoms with Crippen molar-refractivity contribution in [2.24, 2.45) is 5.73 Å². The molecule has 32 heavy (non-hydrogen) atoms.